The van der Waals surface area contributed by atoms with E-state index in [1.54, 1.807) is 12.1 Å². The molecule has 1 aromatic carbocycles. The number of hydrogen-bond donors (Lipinski definition) is 2. The summed E-state index contributed by atoms with van der Waals surface area (Å²) in [5.41, 5.74) is 7.42. The molecule has 2 rings (SSSR count). The molecule has 1 fully saturated rings. The van der Waals surface area contributed by atoms with Crippen molar-refractivity contribution in [2.45, 2.75) is 36.6 Å². The lowest BCUT2D eigenvalue weighted by molar-refractivity contribution is 0.588. The summed E-state index contributed by atoms with van der Waals surface area (Å²) in [6, 6.07) is 5.42. The molecule has 0 atom stereocenters. The number of nitrogens with one attached hydrogen (secondary N) is 1. The average Bonchev–Trinajstić information content (AvgIpc) is 2.91. The third kappa shape index (κ3) is 2.84. The Labute approximate surface area is 114 Å². The molecule has 1 aliphatic rings. The van der Waals surface area contributed by atoms with Crippen LogP contribution < -0.4 is 15.4 Å². The molecule has 0 radical (unpaired) electrons. The van der Waals surface area contributed by atoms with Gasteiger partial charge in [-0.05, 0) is 38.1 Å². The van der Waals surface area contributed by atoms with Crippen molar-refractivity contribution in [3.8, 4) is 0 Å². The quantitative estimate of drug-likeness (QED) is 0.822. The molecule has 0 spiro atoms. The maximum atomic E-state index is 11.7. The number of hydrogen-bond acceptors (Lipinski definition) is 4. The van der Waals surface area contributed by atoms with E-state index in [0.29, 0.717) is 11.7 Å². The van der Waals surface area contributed by atoms with Gasteiger partial charge < -0.3 is 10.6 Å². The predicted octanol–water partition coefficient (Wildman–Crippen LogP) is 1.56. The van der Waals surface area contributed by atoms with Crippen LogP contribution in [-0.2, 0) is 10.0 Å². The summed E-state index contributed by atoms with van der Waals surface area (Å²) in [5.74, 6) is 0. The lowest BCUT2D eigenvalue weighted by Gasteiger charge is -2.28. The summed E-state index contributed by atoms with van der Waals surface area (Å²) in [4.78, 5) is 2.37. The van der Waals surface area contributed by atoms with E-state index in [-0.39, 0.29) is 4.90 Å². The van der Waals surface area contributed by atoms with E-state index in [1.807, 2.05) is 7.05 Å². The van der Waals surface area contributed by atoms with Crippen molar-refractivity contribution in [1.29, 1.82) is 0 Å². The molecular formula is C13H21N3O2S. The smallest absolute Gasteiger partial charge is 0.240 e. The van der Waals surface area contributed by atoms with E-state index in [4.69, 9.17) is 5.73 Å². The molecule has 0 aliphatic heterocycles. The van der Waals surface area contributed by atoms with Crippen molar-refractivity contribution in [3.05, 3.63) is 18.2 Å². The van der Waals surface area contributed by atoms with Crippen molar-refractivity contribution in [2.24, 2.45) is 0 Å². The van der Waals surface area contributed by atoms with E-state index in [9.17, 15) is 8.42 Å². The zero-order valence-corrected chi connectivity index (χ0v) is 12.2. The standard InChI is InChI=1S/C13H21N3O2S/c1-15-19(17,18)11-7-8-13(12(14)9-11)16(2)10-5-3-4-6-10/h7-10,15H,3-6,14H2,1-2H3. The first-order valence-electron chi connectivity index (χ1n) is 6.51. The van der Waals surface area contributed by atoms with Gasteiger partial charge >= 0.3 is 0 Å². The molecule has 0 heterocycles. The van der Waals surface area contributed by atoms with Crippen LogP contribution in [0.3, 0.4) is 0 Å². The fourth-order valence-electron chi connectivity index (χ4n) is 2.63. The second-order valence-electron chi connectivity index (χ2n) is 4.98. The van der Waals surface area contributed by atoms with Crippen molar-refractivity contribution in [2.75, 3.05) is 24.7 Å². The highest BCUT2D eigenvalue weighted by atomic mass is 32.2. The molecule has 3 N–H and O–H groups in total. The zero-order chi connectivity index (χ0) is 14.0. The van der Waals surface area contributed by atoms with Gasteiger partial charge in [0, 0.05) is 13.1 Å². The van der Waals surface area contributed by atoms with Crippen LogP contribution in [0.1, 0.15) is 25.7 Å². The Bertz CT molecular complexity index is 551. The summed E-state index contributed by atoms with van der Waals surface area (Å²) in [6.07, 6.45) is 4.85. The number of rotatable bonds is 4. The highest BCUT2D eigenvalue weighted by Gasteiger charge is 2.22. The third-order valence-electron chi connectivity index (χ3n) is 3.83. The average molecular weight is 283 g/mol. The number of anilines is 2. The summed E-state index contributed by atoms with van der Waals surface area (Å²) in [5, 5.41) is 0. The number of benzene rings is 1. The Kier molecular flexibility index (Phi) is 4.01. The minimum absolute atomic E-state index is 0.205. The molecule has 0 amide bonds. The molecule has 1 saturated carbocycles. The Balaban J connectivity index is 2.29. The normalized spacial score (nSPS) is 16.7. The maximum Gasteiger partial charge on any atom is 0.240 e. The second-order valence-corrected chi connectivity index (χ2v) is 6.86. The third-order valence-corrected chi connectivity index (χ3v) is 5.24. The molecule has 1 aliphatic carbocycles. The summed E-state index contributed by atoms with van der Waals surface area (Å²) < 4.78 is 25.7. The Morgan fingerprint density at radius 3 is 2.47 bits per heavy atom. The van der Waals surface area contributed by atoms with Crippen LogP contribution in [0.5, 0.6) is 0 Å². The van der Waals surface area contributed by atoms with Crippen molar-refractivity contribution in [1.82, 2.24) is 4.72 Å². The highest BCUT2D eigenvalue weighted by Crippen LogP contribution is 2.31. The van der Waals surface area contributed by atoms with Crippen molar-refractivity contribution < 1.29 is 8.42 Å². The Morgan fingerprint density at radius 1 is 1.32 bits per heavy atom. The minimum atomic E-state index is -3.43. The molecule has 19 heavy (non-hydrogen) atoms. The number of nitrogens with two attached hydrogens (primary N) is 1. The van der Waals surface area contributed by atoms with Crippen molar-refractivity contribution >= 4 is 21.4 Å². The lowest BCUT2D eigenvalue weighted by Crippen LogP contribution is -2.29. The lowest BCUT2D eigenvalue weighted by atomic mass is 10.2. The molecule has 0 saturated heterocycles. The van der Waals surface area contributed by atoms with Crippen LogP contribution in [0.4, 0.5) is 11.4 Å². The monoisotopic (exact) mass is 283 g/mol. The molecule has 0 aromatic heterocycles. The molecule has 0 unspecified atom stereocenters. The molecule has 106 valence electrons. The highest BCUT2D eigenvalue weighted by molar-refractivity contribution is 7.89. The number of sulfonamides is 1. The van der Waals surface area contributed by atoms with Crippen LogP contribution in [0, 0.1) is 0 Å². The van der Waals surface area contributed by atoms with Gasteiger partial charge in [-0.2, -0.15) is 0 Å². The van der Waals surface area contributed by atoms with E-state index in [2.05, 4.69) is 9.62 Å². The minimum Gasteiger partial charge on any atom is -0.397 e. The SMILES string of the molecule is CNS(=O)(=O)c1ccc(N(C)C2CCCC2)c(N)c1. The van der Waals surface area contributed by atoms with Gasteiger partial charge in [-0.3, -0.25) is 0 Å². The molecule has 1 aromatic rings. The van der Waals surface area contributed by atoms with Crippen LogP contribution in [0.2, 0.25) is 0 Å². The van der Waals surface area contributed by atoms with E-state index in [1.165, 1.54) is 38.8 Å². The predicted molar refractivity (Wildman–Crippen MR) is 77.8 cm³/mol. The second kappa shape index (κ2) is 5.38. The largest absolute Gasteiger partial charge is 0.397 e. The van der Waals surface area contributed by atoms with Gasteiger partial charge in [0.05, 0.1) is 16.3 Å². The summed E-state index contributed by atoms with van der Waals surface area (Å²) in [7, 11) is -0.0160. The van der Waals surface area contributed by atoms with E-state index < -0.39 is 10.0 Å². The zero-order valence-electron chi connectivity index (χ0n) is 11.4. The maximum absolute atomic E-state index is 11.7. The van der Waals surface area contributed by atoms with Crippen LogP contribution >= 0.6 is 0 Å². The van der Waals surface area contributed by atoms with Gasteiger partial charge in [-0.15, -0.1) is 0 Å². The van der Waals surface area contributed by atoms with E-state index in [0.717, 1.165) is 5.69 Å². The van der Waals surface area contributed by atoms with Crippen LogP contribution in [0.25, 0.3) is 0 Å². The topological polar surface area (TPSA) is 75.4 Å². The van der Waals surface area contributed by atoms with Gasteiger partial charge in [0.15, 0.2) is 0 Å². The van der Waals surface area contributed by atoms with Crippen LogP contribution in [0.15, 0.2) is 23.1 Å². The molecule has 6 heteroatoms. The summed E-state index contributed by atoms with van der Waals surface area (Å²) >= 11 is 0. The van der Waals surface area contributed by atoms with Gasteiger partial charge in [-0.1, -0.05) is 12.8 Å². The molecule has 5 nitrogen and oxygen atoms in total. The fraction of sp³-hybridized carbons (Fsp3) is 0.538. The summed E-state index contributed by atoms with van der Waals surface area (Å²) in [6.45, 7) is 0. The van der Waals surface area contributed by atoms with Crippen LogP contribution in [-0.4, -0.2) is 28.6 Å². The first-order chi connectivity index (χ1) is 8.95. The first-order valence-corrected chi connectivity index (χ1v) is 8.00. The Morgan fingerprint density at radius 2 is 1.95 bits per heavy atom. The van der Waals surface area contributed by atoms with Gasteiger partial charge in [0.2, 0.25) is 10.0 Å². The molecular weight excluding hydrogens is 262 g/mol. The fourth-order valence-corrected chi connectivity index (χ4v) is 3.39. The Hall–Kier alpha value is -1.27. The van der Waals surface area contributed by atoms with Gasteiger partial charge in [0.1, 0.15) is 0 Å². The van der Waals surface area contributed by atoms with E-state index >= 15 is 0 Å². The number of nitrogens with zero attached hydrogens (tertiary/aromatic N) is 1. The number of nitrogen functional groups attached to an aromatic ring is 1. The van der Waals surface area contributed by atoms with Crippen molar-refractivity contribution in [3.63, 3.8) is 0 Å². The first kappa shape index (κ1) is 14.1. The molecule has 0 bridgehead atoms. The van der Waals surface area contributed by atoms with Gasteiger partial charge in [0.25, 0.3) is 0 Å². The van der Waals surface area contributed by atoms with Gasteiger partial charge in [-0.25, -0.2) is 13.1 Å².